The largest absolute Gasteiger partial charge is 0.495 e. The number of hydrogen-bond donors (Lipinski definition) is 1. The Balaban J connectivity index is 2.48. The molecular weight excluding hydrogens is 218 g/mol. The highest BCUT2D eigenvalue weighted by molar-refractivity contribution is 6.10. The number of carbonyl (C=O) groups is 1. The van der Waals surface area contributed by atoms with Gasteiger partial charge in [-0.05, 0) is 12.1 Å². The Morgan fingerprint density at radius 2 is 2.24 bits per heavy atom. The van der Waals surface area contributed by atoms with Gasteiger partial charge in [-0.3, -0.25) is 4.79 Å². The highest BCUT2D eigenvalue weighted by Crippen LogP contribution is 2.26. The van der Waals surface area contributed by atoms with E-state index in [1.165, 1.54) is 7.11 Å². The van der Waals surface area contributed by atoms with Gasteiger partial charge in [-0.15, -0.1) is 0 Å². The van der Waals surface area contributed by atoms with Gasteiger partial charge in [-0.1, -0.05) is 6.07 Å². The molecule has 0 saturated heterocycles. The number of rotatable bonds is 3. The number of nitrogen functional groups attached to an aromatic ring is 1. The van der Waals surface area contributed by atoms with Gasteiger partial charge in [0.1, 0.15) is 5.75 Å². The number of aryl methyl sites for hydroxylation is 1. The first kappa shape index (κ1) is 11.2. The first-order chi connectivity index (χ1) is 8.15. The van der Waals surface area contributed by atoms with E-state index in [2.05, 4.69) is 4.98 Å². The van der Waals surface area contributed by atoms with Crippen molar-refractivity contribution in [3.63, 3.8) is 0 Å². The molecule has 0 aliphatic rings. The van der Waals surface area contributed by atoms with E-state index in [1.54, 1.807) is 42.2 Å². The number of imidazole rings is 1. The van der Waals surface area contributed by atoms with Crippen LogP contribution in [0.5, 0.6) is 5.75 Å². The SMILES string of the molecule is COc1cccc(C(=O)c2nccn2C)c1N. The van der Waals surface area contributed by atoms with Crippen LogP contribution in [0.1, 0.15) is 16.2 Å². The number of methoxy groups -OCH3 is 1. The molecule has 0 radical (unpaired) electrons. The van der Waals surface area contributed by atoms with Crippen molar-refractivity contribution in [2.45, 2.75) is 0 Å². The third kappa shape index (κ3) is 1.87. The lowest BCUT2D eigenvalue weighted by atomic mass is 10.1. The monoisotopic (exact) mass is 231 g/mol. The molecule has 88 valence electrons. The van der Waals surface area contributed by atoms with Gasteiger partial charge in [0, 0.05) is 19.4 Å². The van der Waals surface area contributed by atoms with Gasteiger partial charge in [-0.25, -0.2) is 4.98 Å². The summed E-state index contributed by atoms with van der Waals surface area (Å²) in [7, 11) is 3.28. The van der Waals surface area contributed by atoms with E-state index in [0.29, 0.717) is 22.8 Å². The summed E-state index contributed by atoms with van der Waals surface area (Å²) < 4.78 is 6.73. The summed E-state index contributed by atoms with van der Waals surface area (Å²) in [6, 6.07) is 5.10. The molecule has 17 heavy (non-hydrogen) atoms. The number of ketones is 1. The van der Waals surface area contributed by atoms with Crippen LogP contribution >= 0.6 is 0 Å². The van der Waals surface area contributed by atoms with Crippen LogP contribution in [0.25, 0.3) is 0 Å². The Morgan fingerprint density at radius 3 is 2.82 bits per heavy atom. The number of benzene rings is 1. The second kappa shape index (κ2) is 4.29. The summed E-state index contributed by atoms with van der Waals surface area (Å²) in [4.78, 5) is 16.2. The van der Waals surface area contributed by atoms with E-state index in [9.17, 15) is 4.79 Å². The predicted octanol–water partition coefficient (Wildman–Crippen LogP) is 1.24. The van der Waals surface area contributed by atoms with Gasteiger partial charge >= 0.3 is 0 Å². The zero-order chi connectivity index (χ0) is 12.4. The van der Waals surface area contributed by atoms with Crippen molar-refractivity contribution in [3.05, 3.63) is 42.0 Å². The number of hydrogen-bond acceptors (Lipinski definition) is 4. The molecule has 5 nitrogen and oxygen atoms in total. The zero-order valence-corrected chi connectivity index (χ0v) is 9.68. The Hall–Kier alpha value is -2.30. The number of nitrogens with two attached hydrogens (primary N) is 1. The second-order valence-corrected chi connectivity index (χ2v) is 3.61. The van der Waals surface area contributed by atoms with E-state index in [1.807, 2.05) is 0 Å². The summed E-state index contributed by atoms with van der Waals surface area (Å²) in [5.41, 5.74) is 6.61. The van der Waals surface area contributed by atoms with Crippen LogP contribution in [0.15, 0.2) is 30.6 Å². The number of ether oxygens (including phenoxy) is 1. The molecule has 0 amide bonds. The number of nitrogens with zero attached hydrogens (tertiary/aromatic N) is 2. The van der Waals surface area contributed by atoms with Crippen LogP contribution in [0, 0.1) is 0 Å². The van der Waals surface area contributed by atoms with Gasteiger partial charge < -0.3 is 15.0 Å². The predicted molar refractivity (Wildman–Crippen MR) is 64.0 cm³/mol. The van der Waals surface area contributed by atoms with Gasteiger partial charge in [0.05, 0.1) is 18.4 Å². The van der Waals surface area contributed by atoms with Crippen LogP contribution in [0.2, 0.25) is 0 Å². The van der Waals surface area contributed by atoms with Crippen LogP contribution in [0.3, 0.4) is 0 Å². The number of para-hydroxylation sites is 1. The molecule has 0 atom stereocenters. The molecule has 5 heteroatoms. The molecule has 0 aliphatic carbocycles. The maximum atomic E-state index is 12.2. The molecule has 2 aromatic rings. The first-order valence-corrected chi connectivity index (χ1v) is 5.09. The minimum absolute atomic E-state index is 0.214. The Kier molecular flexibility index (Phi) is 2.82. The van der Waals surface area contributed by atoms with Gasteiger partial charge in [0.15, 0.2) is 5.82 Å². The van der Waals surface area contributed by atoms with Crippen LogP contribution in [0.4, 0.5) is 5.69 Å². The number of carbonyl (C=O) groups excluding carboxylic acids is 1. The maximum absolute atomic E-state index is 12.2. The van der Waals surface area contributed by atoms with Crippen LogP contribution in [-0.4, -0.2) is 22.4 Å². The molecule has 1 heterocycles. The smallest absolute Gasteiger partial charge is 0.230 e. The average Bonchev–Trinajstić information content (AvgIpc) is 2.75. The molecule has 0 fully saturated rings. The highest BCUT2D eigenvalue weighted by atomic mass is 16.5. The molecule has 1 aromatic carbocycles. The third-order valence-corrected chi connectivity index (χ3v) is 2.55. The van der Waals surface area contributed by atoms with E-state index in [-0.39, 0.29) is 5.78 Å². The van der Waals surface area contributed by atoms with Crippen LogP contribution < -0.4 is 10.5 Å². The van der Waals surface area contributed by atoms with Gasteiger partial charge in [0.25, 0.3) is 0 Å². The third-order valence-electron chi connectivity index (χ3n) is 2.55. The summed E-state index contributed by atoms with van der Waals surface area (Å²) >= 11 is 0. The summed E-state index contributed by atoms with van der Waals surface area (Å²) in [5, 5.41) is 0. The fraction of sp³-hybridized carbons (Fsp3) is 0.167. The van der Waals surface area contributed by atoms with Crippen molar-refractivity contribution >= 4 is 11.5 Å². The quantitative estimate of drug-likeness (QED) is 0.637. The molecule has 1 aromatic heterocycles. The molecule has 2 N–H and O–H groups in total. The lowest BCUT2D eigenvalue weighted by molar-refractivity contribution is 0.102. The van der Waals surface area contributed by atoms with E-state index >= 15 is 0 Å². The Morgan fingerprint density at radius 1 is 1.47 bits per heavy atom. The molecule has 0 bridgehead atoms. The topological polar surface area (TPSA) is 70.1 Å². The fourth-order valence-corrected chi connectivity index (χ4v) is 1.62. The zero-order valence-electron chi connectivity index (χ0n) is 9.68. The fourth-order valence-electron chi connectivity index (χ4n) is 1.62. The summed E-state index contributed by atoms with van der Waals surface area (Å²) in [6.07, 6.45) is 3.28. The molecular formula is C12H13N3O2. The van der Waals surface area contributed by atoms with Crippen molar-refractivity contribution in [2.24, 2.45) is 7.05 Å². The van der Waals surface area contributed by atoms with E-state index < -0.39 is 0 Å². The van der Waals surface area contributed by atoms with Crippen LogP contribution in [-0.2, 0) is 7.05 Å². The first-order valence-electron chi connectivity index (χ1n) is 5.09. The summed E-state index contributed by atoms with van der Waals surface area (Å²) in [5.74, 6) is 0.629. The van der Waals surface area contributed by atoms with Crippen molar-refractivity contribution in [3.8, 4) is 5.75 Å². The molecule has 0 saturated carbocycles. The van der Waals surface area contributed by atoms with E-state index in [4.69, 9.17) is 10.5 Å². The minimum atomic E-state index is -0.214. The van der Waals surface area contributed by atoms with Gasteiger partial charge in [-0.2, -0.15) is 0 Å². The van der Waals surface area contributed by atoms with Crippen molar-refractivity contribution < 1.29 is 9.53 Å². The Bertz CT molecular complexity index is 561. The lowest BCUT2D eigenvalue weighted by Crippen LogP contribution is -2.11. The number of aromatic nitrogens is 2. The Labute approximate surface area is 98.8 Å². The highest BCUT2D eigenvalue weighted by Gasteiger charge is 2.18. The van der Waals surface area contributed by atoms with E-state index in [0.717, 1.165) is 0 Å². The van der Waals surface area contributed by atoms with Crippen molar-refractivity contribution in [2.75, 3.05) is 12.8 Å². The normalized spacial score (nSPS) is 10.2. The van der Waals surface area contributed by atoms with Crippen molar-refractivity contribution in [1.29, 1.82) is 0 Å². The molecule has 0 unspecified atom stereocenters. The maximum Gasteiger partial charge on any atom is 0.230 e. The van der Waals surface area contributed by atoms with Gasteiger partial charge in [0.2, 0.25) is 5.78 Å². The number of anilines is 1. The second-order valence-electron chi connectivity index (χ2n) is 3.61. The summed E-state index contributed by atoms with van der Waals surface area (Å²) in [6.45, 7) is 0. The standard InChI is InChI=1S/C12H13N3O2/c1-15-7-6-14-12(15)11(16)8-4-3-5-9(17-2)10(8)13/h3-7H,13H2,1-2H3. The lowest BCUT2D eigenvalue weighted by Gasteiger charge is -2.08. The average molecular weight is 231 g/mol. The molecule has 0 spiro atoms. The molecule has 2 rings (SSSR count). The molecule has 0 aliphatic heterocycles. The van der Waals surface area contributed by atoms with Crippen molar-refractivity contribution in [1.82, 2.24) is 9.55 Å². The minimum Gasteiger partial charge on any atom is -0.495 e.